The summed E-state index contributed by atoms with van der Waals surface area (Å²) in [7, 11) is 0. The van der Waals surface area contributed by atoms with E-state index in [0.29, 0.717) is 11.0 Å². The zero-order valence-corrected chi connectivity index (χ0v) is 19.5. The van der Waals surface area contributed by atoms with Gasteiger partial charge in [0.1, 0.15) is 0 Å². The third kappa shape index (κ3) is 4.41. The van der Waals surface area contributed by atoms with Crippen LogP contribution in [-0.4, -0.2) is 30.9 Å². The molecule has 1 N–H and O–H groups in total. The Bertz CT molecular complexity index is 1300. The Morgan fingerprint density at radius 1 is 1.06 bits per heavy atom. The number of fused-ring (bicyclic) bond motifs is 1. The first-order valence-electron chi connectivity index (χ1n) is 11.1. The highest BCUT2D eigenvalue weighted by atomic mass is 32.2. The van der Waals surface area contributed by atoms with Crippen molar-refractivity contribution in [1.82, 2.24) is 19.7 Å². The van der Waals surface area contributed by atoms with Crippen LogP contribution in [0.2, 0.25) is 0 Å². The van der Waals surface area contributed by atoms with Crippen LogP contribution in [0.3, 0.4) is 0 Å². The van der Waals surface area contributed by atoms with Gasteiger partial charge in [-0.3, -0.25) is 14.3 Å². The zero-order chi connectivity index (χ0) is 22.8. The summed E-state index contributed by atoms with van der Waals surface area (Å²) in [5, 5.41) is 12.3. The van der Waals surface area contributed by atoms with Crippen LogP contribution in [-0.2, 0) is 17.6 Å². The minimum absolute atomic E-state index is 0.0554. The van der Waals surface area contributed by atoms with E-state index in [1.807, 2.05) is 47.9 Å². The summed E-state index contributed by atoms with van der Waals surface area (Å²) in [6, 6.07) is 18.2. The van der Waals surface area contributed by atoms with Crippen molar-refractivity contribution in [2.45, 2.75) is 43.5 Å². The largest absolute Gasteiger partial charge is 0.325 e. The second kappa shape index (κ2) is 9.19. The summed E-state index contributed by atoms with van der Waals surface area (Å²) >= 11 is 1.40. The predicted molar refractivity (Wildman–Crippen MR) is 132 cm³/mol. The van der Waals surface area contributed by atoms with Gasteiger partial charge in [-0.1, -0.05) is 36.0 Å². The fourth-order valence-electron chi connectivity index (χ4n) is 4.16. The van der Waals surface area contributed by atoms with Crippen molar-refractivity contribution in [3.63, 3.8) is 0 Å². The number of carbonyl (C=O) groups is 1. The minimum atomic E-state index is -0.355. The van der Waals surface area contributed by atoms with Gasteiger partial charge in [0.05, 0.1) is 10.9 Å². The number of nitrogens with zero attached hydrogens (tertiary/aromatic N) is 4. The molecule has 0 spiro atoms. The van der Waals surface area contributed by atoms with Gasteiger partial charge in [0.2, 0.25) is 5.91 Å². The monoisotopic (exact) mass is 455 g/mol. The number of thioether (sulfide) groups is 1. The van der Waals surface area contributed by atoms with Gasteiger partial charge >= 0.3 is 0 Å². The average molecular weight is 456 g/mol. The number of amides is 1. The molecule has 0 unspecified atom stereocenters. The fraction of sp³-hybridized carbons (Fsp3) is 0.231. The Kier molecular flexibility index (Phi) is 5.96. The molecule has 33 heavy (non-hydrogen) atoms. The van der Waals surface area contributed by atoms with Crippen molar-refractivity contribution in [3.05, 3.63) is 83.7 Å². The van der Waals surface area contributed by atoms with Gasteiger partial charge in [-0.25, -0.2) is 0 Å². The van der Waals surface area contributed by atoms with Crippen molar-refractivity contribution in [2.75, 3.05) is 5.32 Å². The third-order valence-corrected chi connectivity index (χ3v) is 6.97. The number of nitrogens with one attached hydrogen (secondary N) is 1. The molecule has 7 heteroatoms. The van der Waals surface area contributed by atoms with Gasteiger partial charge in [0.15, 0.2) is 11.0 Å². The molecule has 0 radical (unpaired) electrons. The number of anilines is 1. The van der Waals surface area contributed by atoms with Crippen LogP contribution in [0.4, 0.5) is 5.69 Å². The van der Waals surface area contributed by atoms with E-state index in [0.717, 1.165) is 35.3 Å². The Morgan fingerprint density at radius 3 is 2.73 bits per heavy atom. The Hall–Kier alpha value is -3.45. The zero-order valence-electron chi connectivity index (χ0n) is 18.7. The molecule has 1 aliphatic carbocycles. The lowest BCUT2D eigenvalue weighted by atomic mass is 10.1. The highest BCUT2D eigenvalue weighted by molar-refractivity contribution is 8.00. The van der Waals surface area contributed by atoms with E-state index in [9.17, 15) is 4.79 Å². The van der Waals surface area contributed by atoms with Crippen LogP contribution in [0, 0.1) is 6.92 Å². The maximum absolute atomic E-state index is 13.0. The number of carbonyl (C=O) groups excluding carboxylic acids is 1. The maximum atomic E-state index is 13.0. The average Bonchev–Trinajstić information content (AvgIpc) is 3.46. The molecule has 4 aromatic rings. The van der Waals surface area contributed by atoms with Gasteiger partial charge in [-0.15, -0.1) is 10.2 Å². The van der Waals surface area contributed by atoms with E-state index in [1.165, 1.54) is 29.3 Å². The van der Waals surface area contributed by atoms with Crippen LogP contribution in [0.5, 0.6) is 0 Å². The number of aromatic nitrogens is 4. The standard InChI is InChI=1S/C26H25N5OS/c1-17-7-3-4-11-23(17)31-24(21-10-6-14-27-16-21)29-30-26(31)33-18(2)25(32)28-22-13-12-19-8-5-9-20(19)15-22/h3-4,6-7,10-16,18H,5,8-9H2,1-2H3,(H,28,32)/t18-/m1/s1. The van der Waals surface area contributed by atoms with E-state index in [1.54, 1.807) is 12.4 Å². The highest BCUT2D eigenvalue weighted by Gasteiger charge is 2.23. The minimum Gasteiger partial charge on any atom is -0.325 e. The molecule has 1 aliphatic rings. The molecule has 0 bridgehead atoms. The first-order chi connectivity index (χ1) is 16.1. The molecular weight excluding hydrogens is 430 g/mol. The molecule has 2 aromatic heterocycles. The first-order valence-corrected chi connectivity index (χ1v) is 12.0. The predicted octanol–water partition coefficient (Wildman–Crippen LogP) is 5.25. The van der Waals surface area contributed by atoms with Crippen molar-refractivity contribution < 1.29 is 4.79 Å². The van der Waals surface area contributed by atoms with E-state index < -0.39 is 0 Å². The van der Waals surface area contributed by atoms with Gasteiger partial charge in [0.25, 0.3) is 0 Å². The van der Waals surface area contributed by atoms with Gasteiger partial charge in [-0.05, 0) is 80.1 Å². The van der Waals surface area contributed by atoms with Crippen molar-refractivity contribution in [1.29, 1.82) is 0 Å². The summed E-state index contributed by atoms with van der Waals surface area (Å²) < 4.78 is 2.01. The smallest absolute Gasteiger partial charge is 0.237 e. The fourth-order valence-corrected chi connectivity index (χ4v) is 5.03. The second-order valence-corrected chi connectivity index (χ2v) is 9.56. The van der Waals surface area contributed by atoms with Crippen molar-refractivity contribution in [3.8, 4) is 17.1 Å². The highest BCUT2D eigenvalue weighted by Crippen LogP contribution is 2.32. The van der Waals surface area contributed by atoms with Crippen LogP contribution >= 0.6 is 11.8 Å². The van der Waals surface area contributed by atoms with Gasteiger partial charge in [0, 0.05) is 23.6 Å². The lowest BCUT2D eigenvalue weighted by Crippen LogP contribution is -2.23. The third-order valence-electron chi connectivity index (χ3n) is 5.93. The van der Waals surface area contributed by atoms with Crippen molar-refractivity contribution in [2.24, 2.45) is 0 Å². The Morgan fingerprint density at radius 2 is 1.91 bits per heavy atom. The number of hydrogen-bond acceptors (Lipinski definition) is 5. The number of benzene rings is 2. The molecule has 5 rings (SSSR count). The van der Waals surface area contributed by atoms with Crippen LogP contribution in [0.25, 0.3) is 17.1 Å². The number of pyridine rings is 1. The SMILES string of the molecule is Cc1ccccc1-n1c(S[C@H](C)C(=O)Nc2ccc3c(c2)CCC3)nnc1-c1cccnc1. The molecule has 2 heterocycles. The first kappa shape index (κ1) is 21.4. The van der Waals surface area contributed by atoms with E-state index in [4.69, 9.17) is 0 Å². The molecule has 6 nitrogen and oxygen atoms in total. The molecule has 1 amide bonds. The lowest BCUT2D eigenvalue weighted by molar-refractivity contribution is -0.115. The second-order valence-electron chi connectivity index (χ2n) is 8.26. The van der Waals surface area contributed by atoms with Gasteiger partial charge < -0.3 is 5.32 Å². The van der Waals surface area contributed by atoms with E-state index in [-0.39, 0.29) is 11.2 Å². The summed E-state index contributed by atoms with van der Waals surface area (Å²) in [6.07, 6.45) is 6.91. The molecule has 0 saturated carbocycles. The Labute approximate surface area is 197 Å². The number of hydrogen-bond donors (Lipinski definition) is 1. The molecule has 0 saturated heterocycles. The van der Waals surface area contributed by atoms with Gasteiger partial charge in [-0.2, -0.15) is 0 Å². The Balaban J connectivity index is 1.42. The normalized spacial score (nSPS) is 13.5. The van der Waals surface area contributed by atoms with E-state index >= 15 is 0 Å². The van der Waals surface area contributed by atoms with Crippen LogP contribution < -0.4 is 5.32 Å². The lowest BCUT2D eigenvalue weighted by Gasteiger charge is -2.15. The molecular formula is C26H25N5OS. The molecule has 0 aliphatic heterocycles. The molecule has 2 aromatic carbocycles. The number of rotatable bonds is 6. The van der Waals surface area contributed by atoms with Crippen LogP contribution in [0.15, 0.2) is 72.1 Å². The maximum Gasteiger partial charge on any atom is 0.237 e. The molecule has 0 fully saturated rings. The number of para-hydroxylation sites is 1. The summed E-state index contributed by atoms with van der Waals surface area (Å²) in [6.45, 7) is 3.95. The summed E-state index contributed by atoms with van der Waals surface area (Å²) in [5.41, 5.74) is 6.53. The van der Waals surface area contributed by atoms with Crippen LogP contribution in [0.1, 0.15) is 30.0 Å². The molecule has 166 valence electrons. The summed E-state index contributed by atoms with van der Waals surface area (Å²) in [5.74, 6) is 0.645. The molecule has 1 atom stereocenters. The summed E-state index contributed by atoms with van der Waals surface area (Å²) in [4.78, 5) is 17.2. The van der Waals surface area contributed by atoms with Crippen molar-refractivity contribution >= 4 is 23.4 Å². The topological polar surface area (TPSA) is 72.7 Å². The van der Waals surface area contributed by atoms with E-state index in [2.05, 4.69) is 45.6 Å². The quantitative estimate of drug-likeness (QED) is 0.402. The number of aryl methyl sites for hydroxylation is 3.